The molecule has 12 heteroatoms. The van der Waals surface area contributed by atoms with Gasteiger partial charge in [0.1, 0.15) is 35.1 Å². The Morgan fingerprint density at radius 3 is 2.23 bits per heavy atom. The third-order valence-corrected chi connectivity index (χ3v) is 6.15. The Hall–Kier alpha value is -3.57. The Morgan fingerprint density at radius 2 is 1.67 bits per heavy atom. The lowest BCUT2D eigenvalue weighted by Crippen LogP contribution is -2.54. The molecule has 2 aromatic rings. The Balaban J connectivity index is 2.01. The largest absolute Gasteiger partial charge is 0.394 e. The SMILES string of the molecule is CCCCC(NC(=O)C(C)NC(=O)C(C)(C)C)C(=O)NCC(C)(C)Cn1cc(-c2cc(F)c(N)c(F)c2)nn1. The van der Waals surface area contributed by atoms with E-state index in [1.807, 2.05) is 20.8 Å². The number of hydrogen-bond acceptors (Lipinski definition) is 6. The summed E-state index contributed by atoms with van der Waals surface area (Å²) in [6.45, 7) is 13.3. The van der Waals surface area contributed by atoms with E-state index in [2.05, 4.69) is 26.3 Å². The number of amides is 3. The van der Waals surface area contributed by atoms with Gasteiger partial charge in [-0.05, 0) is 25.5 Å². The minimum absolute atomic E-state index is 0.207. The third kappa shape index (κ3) is 9.29. The lowest BCUT2D eigenvalue weighted by Gasteiger charge is -2.27. The topological polar surface area (TPSA) is 144 Å². The second-order valence-corrected chi connectivity index (χ2v) is 11.7. The molecule has 0 bridgehead atoms. The van der Waals surface area contributed by atoms with Crippen molar-refractivity contribution in [3.63, 3.8) is 0 Å². The smallest absolute Gasteiger partial charge is 0.242 e. The Morgan fingerprint density at radius 1 is 1.05 bits per heavy atom. The molecular weight excluding hydrogens is 508 g/mol. The maximum absolute atomic E-state index is 13.8. The molecule has 2 rings (SSSR count). The van der Waals surface area contributed by atoms with Crippen LogP contribution in [0.25, 0.3) is 11.3 Å². The lowest BCUT2D eigenvalue weighted by atomic mass is 9.93. The Bertz CT molecular complexity index is 1150. The summed E-state index contributed by atoms with van der Waals surface area (Å²) in [5.74, 6) is -2.78. The van der Waals surface area contributed by atoms with Crippen molar-refractivity contribution in [3.8, 4) is 11.3 Å². The van der Waals surface area contributed by atoms with Gasteiger partial charge >= 0.3 is 0 Å². The maximum Gasteiger partial charge on any atom is 0.242 e. The number of nitrogen functional groups attached to an aromatic ring is 1. The number of nitrogens with two attached hydrogens (primary N) is 1. The molecule has 0 aliphatic heterocycles. The first kappa shape index (κ1) is 31.6. The minimum Gasteiger partial charge on any atom is -0.394 e. The highest BCUT2D eigenvalue weighted by Gasteiger charge is 2.29. The molecule has 0 radical (unpaired) electrons. The van der Waals surface area contributed by atoms with E-state index in [1.54, 1.807) is 33.9 Å². The number of hydrogen-bond donors (Lipinski definition) is 4. The highest BCUT2D eigenvalue weighted by Crippen LogP contribution is 2.25. The second kappa shape index (κ2) is 13.0. The fourth-order valence-electron chi connectivity index (χ4n) is 3.64. The van der Waals surface area contributed by atoms with Crippen LogP contribution in [0.15, 0.2) is 18.3 Å². The van der Waals surface area contributed by atoms with Crippen molar-refractivity contribution in [2.45, 2.75) is 86.4 Å². The summed E-state index contributed by atoms with van der Waals surface area (Å²) in [6.07, 6.45) is 3.59. The van der Waals surface area contributed by atoms with Crippen LogP contribution in [0.2, 0.25) is 0 Å². The lowest BCUT2D eigenvalue weighted by molar-refractivity contribution is -0.134. The standard InChI is InChI=1S/C27H41F2N7O3/c1-8-9-10-20(33-23(37)16(2)32-25(39)26(3,4)5)24(38)31-14-27(6,7)15-36-13-21(34-35-36)17-11-18(28)22(30)19(29)12-17/h11-13,16,20H,8-10,14-15,30H2,1-7H3,(H,31,38)(H,32,39)(H,33,37). The number of benzene rings is 1. The van der Waals surface area contributed by atoms with Crippen molar-refractivity contribution in [3.05, 3.63) is 30.0 Å². The van der Waals surface area contributed by atoms with Crippen molar-refractivity contribution in [2.24, 2.45) is 10.8 Å². The van der Waals surface area contributed by atoms with Crippen LogP contribution >= 0.6 is 0 Å². The normalized spacial score (nSPS) is 13.5. The quantitative estimate of drug-likeness (QED) is 0.300. The van der Waals surface area contributed by atoms with Crippen LogP contribution in [0, 0.1) is 22.5 Å². The van der Waals surface area contributed by atoms with Crippen LogP contribution in [0.3, 0.4) is 0 Å². The summed E-state index contributed by atoms with van der Waals surface area (Å²) in [6, 6.07) is 0.640. The van der Waals surface area contributed by atoms with E-state index in [0.717, 1.165) is 25.0 Å². The van der Waals surface area contributed by atoms with Crippen LogP contribution in [-0.4, -0.2) is 51.3 Å². The molecule has 5 N–H and O–H groups in total. The number of carbonyl (C=O) groups excluding carboxylic acids is 3. The molecule has 1 aromatic carbocycles. The van der Waals surface area contributed by atoms with E-state index in [1.165, 1.54) is 4.68 Å². The zero-order valence-electron chi connectivity index (χ0n) is 23.8. The summed E-state index contributed by atoms with van der Waals surface area (Å²) in [5, 5.41) is 16.4. The number of anilines is 1. The molecule has 1 aromatic heterocycles. The average Bonchev–Trinajstić information content (AvgIpc) is 3.30. The van der Waals surface area contributed by atoms with Crippen molar-refractivity contribution in [1.29, 1.82) is 0 Å². The first-order chi connectivity index (χ1) is 18.0. The van der Waals surface area contributed by atoms with Crippen LogP contribution in [0.1, 0.15) is 67.7 Å². The van der Waals surface area contributed by atoms with Gasteiger partial charge in [-0.3, -0.25) is 19.1 Å². The van der Waals surface area contributed by atoms with E-state index in [-0.39, 0.29) is 29.6 Å². The third-order valence-electron chi connectivity index (χ3n) is 6.15. The zero-order valence-corrected chi connectivity index (χ0v) is 23.8. The number of unbranched alkanes of at least 4 members (excludes halogenated alkanes) is 1. The number of nitrogens with zero attached hydrogens (tertiary/aromatic N) is 3. The van der Waals surface area contributed by atoms with Gasteiger partial charge in [-0.25, -0.2) is 8.78 Å². The number of halogens is 2. The first-order valence-electron chi connectivity index (χ1n) is 13.1. The summed E-state index contributed by atoms with van der Waals surface area (Å²) in [7, 11) is 0. The predicted octanol–water partition coefficient (Wildman–Crippen LogP) is 3.17. The molecule has 0 spiro atoms. The molecule has 0 fully saturated rings. The van der Waals surface area contributed by atoms with Crippen LogP contribution < -0.4 is 21.7 Å². The number of nitrogens with one attached hydrogen (secondary N) is 3. The van der Waals surface area contributed by atoms with Crippen LogP contribution in [-0.2, 0) is 20.9 Å². The van der Waals surface area contributed by atoms with Gasteiger partial charge in [0.05, 0.1) is 6.20 Å². The summed E-state index contributed by atoms with van der Waals surface area (Å²) >= 11 is 0. The Labute approximate surface area is 228 Å². The number of carbonyl (C=O) groups is 3. The fraction of sp³-hybridized carbons (Fsp3) is 0.593. The fourth-order valence-corrected chi connectivity index (χ4v) is 3.64. The van der Waals surface area contributed by atoms with Gasteiger partial charge in [-0.2, -0.15) is 0 Å². The molecule has 0 saturated carbocycles. The van der Waals surface area contributed by atoms with Crippen molar-refractivity contribution < 1.29 is 23.2 Å². The van der Waals surface area contributed by atoms with Gasteiger partial charge in [0.15, 0.2) is 0 Å². The molecule has 2 unspecified atom stereocenters. The summed E-state index contributed by atoms with van der Waals surface area (Å²) in [5.41, 5.74) is 4.14. The highest BCUT2D eigenvalue weighted by atomic mass is 19.1. The molecule has 10 nitrogen and oxygen atoms in total. The highest BCUT2D eigenvalue weighted by molar-refractivity contribution is 5.92. The molecular formula is C27H41F2N7O3. The van der Waals surface area contributed by atoms with E-state index < -0.39 is 46.1 Å². The molecule has 216 valence electrons. The molecule has 1 heterocycles. The van der Waals surface area contributed by atoms with Gasteiger partial charge in [-0.1, -0.05) is 59.6 Å². The molecule has 39 heavy (non-hydrogen) atoms. The van der Waals surface area contributed by atoms with Gasteiger partial charge in [-0.15, -0.1) is 5.10 Å². The minimum atomic E-state index is -0.877. The van der Waals surface area contributed by atoms with E-state index in [4.69, 9.17) is 5.73 Å². The summed E-state index contributed by atoms with van der Waals surface area (Å²) in [4.78, 5) is 38.0. The Kier molecular flexibility index (Phi) is 10.5. The molecule has 3 amide bonds. The molecule has 0 aliphatic rings. The second-order valence-electron chi connectivity index (χ2n) is 11.7. The van der Waals surface area contributed by atoms with E-state index in [9.17, 15) is 23.2 Å². The van der Waals surface area contributed by atoms with Gasteiger partial charge < -0.3 is 21.7 Å². The van der Waals surface area contributed by atoms with Gasteiger partial charge in [0, 0.05) is 29.5 Å². The first-order valence-corrected chi connectivity index (χ1v) is 13.1. The van der Waals surface area contributed by atoms with Crippen molar-refractivity contribution in [2.75, 3.05) is 12.3 Å². The zero-order chi connectivity index (χ0) is 29.5. The number of rotatable bonds is 12. The van der Waals surface area contributed by atoms with E-state index in [0.29, 0.717) is 13.0 Å². The molecule has 2 atom stereocenters. The number of aromatic nitrogens is 3. The van der Waals surface area contributed by atoms with Crippen LogP contribution in [0.4, 0.5) is 14.5 Å². The summed E-state index contributed by atoms with van der Waals surface area (Å²) < 4.78 is 29.2. The molecule has 0 saturated heterocycles. The van der Waals surface area contributed by atoms with Gasteiger partial charge in [0.25, 0.3) is 0 Å². The van der Waals surface area contributed by atoms with Gasteiger partial charge in [0.2, 0.25) is 17.7 Å². The maximum atomic E-state index is 13.8. The monoisotopic (exact) mass is 549 g/mol. The van der Waals surface area contributed by atoms with Crippen LogP contribution in [0.5, 0.6) is 0 Å². The average molecular weight is 550 g/mol. The van der Waals surface area contributed by atoms with Crippen molar-refractivity contribution >= 4 is 23.4 Å². The predicted molar refractivity (Wildman–Crippen MR) is 145 cm³/mol. The molecule has 0 aliphatic carbocycles. The van der Waals surface area contributed by atoms with E-state index >= 15 is 0 Å². The van der Waals surface area contributed by atoms with Crippen molar-refractivity contribution in [1.82, 2.24) is 30.9 Å².